The number of carbonyl (C=O) groups excluding carboxylic acids is 4. The Balaban J connectivity index is 3.01. The van der Waals surface area contributed by atoms with Crippen molar-refractivity contribution in [2.24, 2.45) is 10.2 Å². The number of benzene rings is 2. The minimum absolute atomic E-state index is 0.168. The average molecular weight is 1040 g/mol. The van der Waals surface area contributed by atoms with Crippen LogP contribution in [0.25, 0.3) is 0 Å². The third kappa shape index (κ3) is 10.9. The van der Waals surface area contributed by atoms with Crippen LogP contribution in [0.1, 0.15) is 41.4 Å². The number of aliphatic hydroxyl groups is 8. The van der Waals surface area contributed by atoms with E-state index >= 15 is 0 Å². The monoisotopic (exact) mass is 1040 g/mol. The van der Waals surface area contributed by atoms with Crippen LogP contribution in [0.5, 0.6) is 0 Å². The molecule has 0 aliphatic rings. The lowest BCUT2D eigenvalue weighted by atomic mass is 10.1. The maximum atomic E-state index is 13.4. The molecule has 0 heterocycles. The van der Waals surface area contributed by atoms with Crippen molar-refractivity contribution < 1.29 is 60.0 Å². The summed E-state index contributed by atoms with van der Waals surface area (Å²) in [5.41, 5.74) is -2.92. The number of halogens is 6. The van der Waals surface area contributed by atoms with E-state index in [0.29, 0.717) is 0 Å². The van der Waals surface area contributed by atoms with E-state index in [4.69, 9.17) is 46.4 Å². The number of hydrogen-bond donors (Lipinski definition) is 12. The van der Waals surface area contributed by atoms with Crippen molar-refractivity contribution in [2.75, 3.05) is 52.9 Å². The summed E-state index contributed by atoms with van der Waals surface area (Å²) in [4.78, 5) is 53.5. The molecule has 0 saturated carbocycles. The summed E-state index contributed by atoms with van der Waals surface area (Å²) < 4.78 is -0.336. The van der Waals surface area contributed by atoms with E-state index in [1.54, 1.807) is 45.2 Å². The first-order chi connectivity index (χ1) is 24.6. The minimum Gasteiger partial charge on any atom is -0.394 e. The van der Waals surface area contributed by atoms with Crippen molar-refractivity contribution in [3.8, 4) is 0 Å². The van der Waals surface area contributed by atoms with Gasteiger partial charge in [0, 0.05) is 7.14 Å². The number of rotatable bonds is 18. The SMILES string of the molecule is O=C(NC(CO)CO)c1c(Cl)c(N=Nc2c(Cl)c(C(=O)NC(CO)CO)c(I)c(C(=O)NC(CO)CO)c2Cl)c(Cl)c(C(=O)NC(CO)CO)c1I. The molecule has 0 fully saturated rings. The summed E-state index contributed by atoms with van der Waals surface area (Å²) in [6, 6.07) is -4.68. The molecule has 0 spiro atoms. The number of nitrogens with one attached hydrogen (secondary N) is 4. The highest BCUT2D eigenvalue weighted by atomic mass is 127. The minimum atomic E-state index is -1.17. The highest BCUT2D eigenvalue weighted by molar-refractivity contribution is 14.1. The van der Waals surface area contributed by atoms with Gasteiger partial charge in [-0.25, -0.2) is 0 Å². The van der Waals surface area contributed by atoms with Crippen LogP contribution in [0, 0.1) is 7.14 Å². The molecule has 2 aromatic rings. The number of carbonyl (C=O) groups is 4. The van der Waals surface area contributed by atoms with Crippen molar-refractivity contribution in [2.45, 2.75) is 24.2 Å². The second-order valence-electron chi connectivity index (χ2n) is 10.4. The van der Waals surface area contributed by atoms with Gasteiger partial charge in [0.25, 0.3) is 23.6 Å². The van der Waals surface area contributed by atoms with E-state index in [9.17, 15) is 60.0 Å². The molecule has 0 bridgehead atoms. The summed E-state index contributed by atoms with van der Waals surface area (Å²) in [7, 11) is 0. The van der Waals surface area contributed by atoms with Gasteiger partial charge < -0.3 is 62.1 Å². The molecule has 24 heteroatoms. The largest absolute Gasteiger partial charge is 0.394 e. The lowest BCUT2D eigenvalue weighted by Crippen LogP contribution is -2.42. The molecule has 12 N–H and O–H groups in total. The molecule has 0 saturated heterocycles. The van der Waals surface area contributed by atoms with Crippen LogP contribution in [0.4, 0.5) is 11.4 Å². The lowest BCUT2D eigenvalue weighted by molar-refractivity contribution is 0.0865. The highest BCUT2D eigenvalue weighted by Gasteiger charge is 2.33. The number of nitrogens with zero attached hydrogens (tertiary/aromatic N) is 2. The first-order valence-electron chi connectivity index (χ1n) is 14.5. The van der Waals surface area contributed by atoms with Crippen LogP contribution in [-0.4, -0.2) is 142 Å². The molecule has 0 aliphatic carbocycles. The molecule has 18 nitrogen and oxygen atoms in total. The standard InChI is InChI=1S/C28H32Cl4I2N6O12/c29-17-13(25(49)35-9(1-41)2-42)21(33)14(26(50)36-10(3-43)4-44)18(30)23(17)39-40-24-19(31)15(27(51)37-11(5-45)6-46)22(34)16(20(24)32)28(52)38-12(7-47)8-48/h9-12,41-48H,1-8H2,(H,35,49)(H,36,50)(H,37,51)(H,38,52). The summed E-state index contributed by atoms with van der Waals surface area (Å²) in [5.74, 6) is -4.06. The number of azo groups is 1. The molecule has 0 radical (unpaired) electrons. The second-order valence-corrected chi connectivity index (χ2v) is 14.1. The van der Waals surface area contributed by atoms with E-state index in [-0.39, 0.29) is 7.14 Å². The fourth-order valence-corrected chi connectivity index (χ4v) is 8.04. The van der Waals surface area contributed by atoms with Crippen LogP contribution in [-0.2, 0) is 0 Å². The maximum Gasteiger partial charge on any atom is 0.254 e. The Morgan fingerprint density at radius 2 is 0.615 bits per heavy atom. The Labute approximate surface area is 342 Å². The van der Waals surface area contributed by atoms with Gasteiger partial charge in [0.15, 0.2) is 0 Å². The van der Waals surface area contributed by atoms with Gasteiger partial charge in [0.1, 0.15) is 11.4 Å². The first kappa shape index (κ1) is 46.4. The normalized spacial score (nSPS) is 11.7. The molecule has 0 unspecified atom stereocenters. The zero-order valence-electron chi connectivity index (χ0n) is 26.3. The van der Waals surface area contributed by atoms with Gasteiger partial charge in [-0.1, -0.05) is 46.4 Å². The average Bonchev–Trinajstić information content (AvgIpc) is 3.11. The number of amides is 4. The van der Waals surface area contributed by atoms with Gasteiger partial charge >= 0.3 is 0 Å². The van der Waals surface area contributed by atoms with Crippen LogP contribution < -0.4 is 21.3 Å². The van der Waals surface area contributed by atoms with Gasteiger partial charge in [-0.05, 0) is 45.2 Å². The van der Waals surface area contributed by atoms with E-state index in [1.807, 2.05) is 0 Å². The third-order valence-corrected chi connectivity index (χ3v) is 10.5. The van der Waals surface area contributed by atoms with Gasteiger partial charge in [0.2, 0.25) is 0 Å². The van der Waals surface area contributed by atoms with Gasteiger partial charge in [-0.2, -0.15) is 0 Å². The van der Waals surface area contributed by atoms with Gasteiger partial charge in [-0.15, -0.1) is 10.2 Å². The zero-order chi connectivity index (χ0) is 39.4. The fraction of sp³-hybridized carbons (Fsp3) is 0.429. The molecule has 4 amide bonds. The maximum absolute atomic E-state index is 13.4. The molecule has 2 aromatic carbocycles. The zero-order valence-corrected chi connectivity index (χ0v) is 33.7. The summed E-state index contributed by atoms with van der Waals surface area (Å²) in [5, 5.41) is 91.2. The second kappa shape index (κ2) is 21.9. The summed E-state index contributed by atoms with van der Waals surface area (Å²) >= 11 is 29.6. The molecule has 52 heavy (non-hydrogen) atoms. The van der Waals surface area contributed by atoms with E-state index in [1.165, 1.54) is 0 Å². The predicted octanol–water partition coefficient (Wildman–Crippen LogP) is 0.257. The third-order valence-electron chi connectivity index (χ3n) is 6.85. The lowest BCUT2D eigenvalue weighted by Gasteiger charge is -2.20. The molecule has 288 valence electrons. The van der Waals surface area contributed by atoms with Crippen molar-refractivity contribution in [3.63, 3.8) is 0 Å². The quantitative estimate of drug-likeness (QED) is 0.0708. The van der Waals surface area contributed by atoms with Crippen molar-refractivity contribution in [3.05, 3.63) is 49.5 Å². The van der Waals surface area contributed by atoms with Gasteiger partial charge in [-0.3, -0.25) is 19.2 Å². The Bertz CT molecular complexity index is 1450. The Morgan fingerprint density at radius 1 is 0.442 bits per heavy atom. The molecule has 0 aromatic heterocycles. The Morgan fingerprint density at radius 3 is 0.769 bits per heavy atom. The number of aliphatic hydroxyl groups excluding tert-OH is 8. The van der Waals surface area contributed by atoms with E-state index in [2.05, 4.69) is 31.5 Å². The van der Waals surface area contributed by atoms with Crippen LogP contribution in [0.3, 0.4) is 0 Å². The van der Waals surface area contributed by atoms with E-state index in [0.717, 1.165) is 0 Å². The Hall–Kier alpha value is -1.78. The van der Waals surface area contributed by atoms with Gasteiger partial charge in [0.05, 0.1) is 119 Å². The predicted molar refractivity (Wildman–Crippen MR) is 204 cm³/mol. The van der Waals surface area contributed by atoms with Crippen LogP contribution in [0.15, 0.2) is 10.2 Å². The van der Waals surface area contributed by atoms with Crippen molar-refractivity contribution >= 4 is 127 Å². The van der Waals surface area contributed by atoms with Crippen LogP contribution >= 0.6 is 91.6 Å². The smallest absolute Gasteiger partial charge is 0.254 e. The van der Waals surface area contributed by atoms with Crippen molar-refractivity contribution in [1.29, 1.82) is 0 Å². The molecular formula is C28H32Cl4I2N6O12. The summed E-state index contributed by atoms with van der Waals surface area (Å²) in [6.07, 6.45) is 0. The topological polar surface area (TPSA) is 303 Å². The van der Waals surface area contributed by atoms with Crippen molar-refractivity contribution in [1.82, 2.24) is 21.3 Å². The molecule has 2 rings (SSSR count). The first-order valence-corrected chi connectivity index (χ1v) is 18.2. The number of hydrogen-bond acceptors (Lipinski definition) is 14. The molecular weight excluding hydrogens is 1010 g/mol. The summed E-state index contributed by atoms with van der Waals surface area (Å²) in [6.45, 7) is -5.53. The highest BCUT2D eigenvalue weighted by Crippen LogP contribution is 2.46. The molecule has 0 aliphatic heterocycles. The van der Waals surface area contributed by atoms with E-state index < -0.39 is 154 Å². The fourth-order valence-electron chi connectivity index (χ4n) is 4.00. The van der Waals surface area contributed by atoms with Crippen LogP contribution in [0.2, 0.25) is 20.1 Å². The molecule has 0 atom stereocenters. The Kier molecular flexibility index (Phi) is 19.6.